The van der Waals surface area contributed by atoms with Crippen LogP contribution in [0.1, 0.15) is 44.1 Å². The Labute approximate surface area is 147 Å². The lowest BCUT2D eigenvalue weighted by atomic mass is 9.76. The summed E-state index contributed by atoms with van der Waals surface area (Å²) in [5.74, 6) is -0.797. The predicted octanol–water partition coefficient (Wildman–Crippen LogP) is 2.04. The first-order valence-corrected chi connectivity index (χ1v) is 8.91. The van der Waals surface area contributed by atoms with E-state index in [-0.39, 0.29) is 18.3 Å². The fraction of sp³-hybridized carbons (Fsp3) is 0.579. The molecule has 1 aromatic rings. The molecule has 1 aliphatic carbocycles. The Kier molecular flexibility index (Phi) is 5.08. The second-order valence-electron chi connectivity index (χ2n) is 7.24. The average Bonchev–Trinajstić information content (AvgIpc) is 3.12. The molecule has 1 heterocycles. The van der Waals surface area contributed by atoms with E-state index in [0.29, 0.717) is 26.1 Å². The van der Waals surface area contributed by atoms with Gasteiger partial charge in [0.2, 0.25) is 11.8 Å². The van der Waals surface area contributed by atoms with E-state index in [1.165, 1.54) is 12.1 Å². The van der Waals surface area contributed by atoms with Crippen molar-refractivity contribution in [3.05, 3.63) is 35.6 Å². The summed E-state index contributed by atoms with van der Waals surface area (Å²) in [5.41, 5.74) is 5.07. The monoisotopic (exact) mass is 348 g/mol. The summed E-state index contributed by atoms with van der Waals surface area (Å²) in [6, 6.07) is 6.18. The quantitative estimate of drug-likeness (QED) is 0.854. The molecule has 6 heteroatoms. The maximum absolute atomic E-state index is 13.3. The van der Waals surface area contributed by atoms with Crippen LogP contribution in [0.4, 0.5) is 4.39 Å². The average molecular weight is 348 g/mol. The summed E-state index contributed by atoms with van der Waals surface area (Å²) in [5, 5.41) is 2.98. The van der Waals surface area contributed by atoms with Crippen molar-refractivity contribution in [3.8, 4) is 0 Å². The molecule has 25 heavy (non-hydrogen) atoms. The molecular formula is C19H25FN2O3. The first-order chi connectivity index (χ1) is 12.0. The molecule has 1 aliphatic heterocycles. The van der Waals surface area contributed by atoms with Crippen LogP contribution in [0.15, 0.2) is 24.3 Å². The summed E-state index contributed by atoms with van der Waals surface area (Å²) in [6.45, 7) is 1.18. The molecule has 2 amide bonds. The van der Waals surface area contributed by atoms with E-state index in [2.05, 4.69) is 5.32 Å². The molecule has 1 saturated heterocycles. The van der Waals surface area contributed by atoms with Crippen molar-refractivity contribution in [2.24, 2.45) is 11.1 Å². The Balaban J connectivity index is 1.77. The van der Waals surface area contributed by atoms with E-state index < -0.39 is 16.7 Å². The van der Waals surface area contributed by atoms with Crippen LogP contribution < -0.4 is 11.1 Å². The molecule has 3 rings (SSSR count). The van der Waals surface area contributed by atoms with Crippen molar-refractivity contribution in [3.63, 3.8) is 0 Å². The van der Waals surface area contributed by atoms with Gasteiger partial charge in [-0.2, -0.15) is 0 Å². The first kappa shape index (κ1) is 17.9. The molecule has 0 aromatic heterocycles. The third kappa shape index (κ3) is 3.40. The number of hydrogen-bond donors (Lipinski definition) is 2. The lowest BCUT2D eigenvalue weighted by Crippen LogP contribution is -2.52. The van der Waals surface area contributed by atoms with Crippen molar-refractivity contribution in [1.29, 1.82) is 0 Å². The minimum absolute atomic E-state index is 0.0938. The molecule has 0 spiro atoms. The molecule has 1 aromatic carbocycles. The highest BCUT2D eigenvalue weighted by Crippen LogP contribution is 2.41. The maximum atomic E-state index is 13.3. The fourth-order valence-corrected chi connectivity index (χ4v) is 4.09. The predicted molar refractivity (Wildman–Crippen MR) is 91.2 cm³/mol. The van der Waals surface area contributed by atoms with Gasteiger partial charge in [-0.25, -0.2) is 4.39 Å². The van der Waals surface area contributed by atoms with E-state index in [1.54, 1.807) is 12.1 Å². The number of halogens is 1. The van der Waals surface area contributed by atoms with Gasteiger partial charge in [0.1, 0.15) is 5.82 Å². The van der Waals surface area contributed by atoms with E-state index >= 15 is 0 Å². The third-order valence-corrected chi connectivity index (χ3v) is 5.85. The van der Waals surface area contributed by atoms with Crippen molar-refractivity contribution in [2.45, 2.75) is 43.9 Å². The minimum Gasteiger partial charge on any atom is -0.381 e. The molecule has 0 radical (unpaired) electrons. The highest BCUT2D eigenvalue weighted by Gasteiger charge is 2.45. The van der Waals surface area contributed by atoms with Crippen LogP contribution >= 0.6 is 0 Å². The molecule has 3 N–H and O–H groups in total. The Bertz CT molecular complexity index is 633. The topological polar surface area (TPSA) is 81.4 Å². The van der Waals surface area contributed by atoms with Gasteiger partial charge in [0.25, 0.3) is 0 Å². The second-order valence-corrected chi connectivity index (χ2v) is 7.24. The van der Waals surface area contributed by atoms with Crippen molar-refractivity contribution < 1.29 is 18.7 Å². The zero-order chi connectivity index (χ0) is 17.9. The van der Waals surface area contributed by atoms with Gasteiger partial charge in [-0.15, -0.1) is 0 Å². The number of amides is 2. The van der Waals surface area contributed by atoms with Crippen LogP contribution in [-0.2, 0) is 19.7 Å². The van der Waals surface area contributed by atoms with E-state index in [0.717, 1.165) is 31.2 Å². The zero-order valence-corrected chi connectivity index (χ0v) is 14.4. The van der Waals surface area contributed by atoms with Gasteiger partial charge in [0, 0.05) is 19.8 Å². The van der Waals surface area contributed by atoms with Gasteiger partial charge in [-0.3, -0.25) is 9.59 Å². The largest absolute Gasteiger partial charge is 0.381 e. The maximum Gasteiger partial charge on any atom is 0.230 e. The van der Waals surface area contributed by atoms with E-state index in [4.69, 9.17) is 10.5 Å². The number of ether oxygens (including phenoxy) is 1. The number of hydrogen-bond acceptors (Lipinski definition) is 3. The highest BCUT2D eigenvalue weighted by molar-refractivity contribution is 5.89. The molecule has 1 saturated carbocycles. The summed E-state index contributed by atoms with van der Waals surface area (Å²) < 4.78 is 18.6. The van der Waals surface area contributed by atoms with Gasteiger partial charge in [0.05, 0.1) is 10.8 Å². The number of nitrogens with two attached hydrogens (primary N) is 1. The SMILES string of the molecule is NC(=O)C1(CNC(=O)C2(c3ccc(F)cc3)CCCC2)CCOCC1. The Morgan fingerprint density at radius 3 is 2.24 bits per heavy atom. The smallest absolute Gasteiger partial charge is 0.230 e. The molecule has 5 nitrogen and oxygen atoms in total. The van der Waals surface area contributed by atoms with Gasteiger partial charge < -0.3 is 15.8 Å². The molecule has 136 valence electrons. The van der Waals surface area contributed by atoms with E-state index in [1.807, 2.05) is 0 Å². The number of rotatable bonds is 5. The normalized spacial score (nSPS) is 21.6. The van der Waals surface area contributed by atoms with Gasteiger partial charge in [-0.05, 0) is 43.4 Å². The number of primary amides is 1. The van der Waals surface area contributed by atoms with Crippen LogP contribution in [0.25, 0.3) is 0 Å². The number of carbonyl (C=O) groups excluding carboxylic acids is 2. The first-order valence-electron chi connectivity index (χ1n) is 8.91. The van der Waals surface area contributed by atoms with Crippen molar-refractivity contribution in [2.75, 3.05) is 19.8 Å². The Morgan fingerprint density at radius 1 is 1.08 bits per heavy atom. The van der Waals surface area contributed by atoms with Crippen LogP contribution in [-0.4, -0.2) is 31.6 Å². The zero-order valence-electron chi connectivity index (χ0n) is 14.4. The fourth-order valence-electron chi connectivity index (χ4n) is 4.09. The number of carbonyl (C=O) groups is 2. The third-order valence-electron chi connectivity index (χ3n) is 5.85. The summed E-state index contributed by atoms with van der Waals surface area (Å²) >= 11 is 0. The molecule has 0 atom stereocenters. The number of benzene rings is 1. The molecule has 2 aliphatic rings. The van der Waals surface area contributed by atoms with Crippen molar-refractivity contribution >= 4 is 11.8 Å². The summed E-state index contributed by atoms with van der Waals surface area (Å²) in [6.07, 6.45) is 4.42. The molecule has 0 bridgehead atoms. The Hall–Kier alpha value is -1.95. The standard InChI is InChI=1S/C19H25FN2O3/c20-15-5-3-14(4-6-15)19(7-1-2-8-19)17(24)22-13-18(16(21)23)9-11-25-12-10-18/h3-6H,1-2,7-13H2,(H2,21,23)(H,22,24). The highest BCUT2D eigenvalue weighted by atomic mass is 19.1. The second kappa shape index (κ2) is 7.12. The van der Waals surface area contributed by atoms with Crippen LogP contribution in [0.2, 0.25) is 0 Å². The number of nitrogens with one attached hydrogen (secondary N) is 1. The molecule has 0 unspecified atom stereocenters. The summed E-state index contributed by atoms with van der Waals surface area (Å²) in [7, 11) is 0. The Morgan fingerprint density at radius 2 is 1.68 bits per heavy atom. The molecule has 2 fully saturated rings. The van der Waals surface area contributed by atoms with Gasteiger partial charge in [0.15, 0.2) is 0 Å². The summed E-state index contributed by atoms with van der Waals surface area (Å²) in [4.78, 5) is 25.0. The van der Waals surface area contributed by atoms with Gasteiger partial charge in [-0.1, -0.05) is 25.0 Å². The lowest BCUT2D eigenvalue weighted by Gasteiger charge is -2.36. The van der Waals surface area contributed by atoms with Crippen LogP contribution in [0, 0.1) is 11.2 Å². The van der Waals surface area contributed by atoms with E-state index in [9.17, 15) is 14.0 Å². The van der Waals surface area contributed by atoms with Crippen molar-refractivity contribution in [1.82, 2.24) is 5.32 Å². The minimum atomic E-state index is -0.740. The lowest BCUT2D eigenvalue weighted by molar-refractivity contribution is -0.135. The van der Waals surface area contributed by atoms with Crippen LogP contribution in [0.3, 0.4) is 0 Å². The van der Waals surface area contributed by atoms with Gasteiger partial charge >= 0.3 is 0 Å². The van der Waals surface area contributed by atoms with Crippen LogP contribution in [0.5, 0.6) is 0 Å². The molecular weight excluding hydrogens is 323 g/mol.